The van der Waals surface area contributed by atoms with E-state index in [2.05, 4.69) is 15.2 Å². The standard InChI is InChI=1S/C33H32ClF4N5O5S/c34-24-11-19(25(35)14-26(24)40-31(47)23-17-48-28-4-2-1-3-22(23)28)12-29(44)43-16-20(42-9-7-41(8-10-42)18-33(36,37)38)13-27(43)32-39-15-21(49-32)5-6-30(45)46/h1-4,11,14-15,17,20,27H,5-10,12-13,16,18H2,(H,40,47)(H,45,46)/t20-,27-/m0/s1. The molecular weight excluding hydrogens is 690 g/mol. The van der Waals surface area contributed by atoms with E-state index in [0.29, 0.717) is 35.5 Å². The van der Waals surface area contributed by atoms with Crippen LogP contribution in [0, 0.1) is 5.82 Å². The number of halogens is 5. The predicted octanol–water partition coefficient (Wildman–Crippen LogP) is 6.02. The third kappa shape index (κ3) is 8.23. The summed E-state index contributed by atoms with van der Waals surface area (Å²) in [5.41, 5.74) is 0.798. The maximum atomic E-state index is 15.5. The average molecular weight is 722 g/mol. The third-order valence-electron chi connectivity index (χ3n) is 8.82. The van der Waals surface area contributed by atoms with Crippen LogP contribution >= 0.6 is 22.9 Å². The van der Waals surface area contributed by atoms with E-state index in [4.69, 9.17) is 21.1 Å². The van der Waals surface area contributed by atoms with Crippen molar-refractivity contribution in [3.8, 4) is 0 Å². The largest absolute Gasteiger partial charge is 0.481 e. The van der Waals surface area contributed by atoms with E-state index in [0.717, 1.165) is 10.9 Å². The molecule has 2 amide bonds. The van der Waals surface area contributed by atoms with Crippen LogP contribution in [0.2, 0.25) is 5.02 Å². The minimum Gasteiger partial charge on any atom is -0.481 e. The fourth-order valence-electron chi connectivity index (χ4n) is 6.38. The lowest BCUT2D eigenvalue weighted by Crippen LogP contribution is -2.52. The van der Waals surface area contributed by atoms with Crippen molar-refractivity contribution >= 4 is 57.4 Å². The SMILES string of the molecule is O=C(O)CCc1cnc([C@@H]2C[C@H](N3CCN(CC(F)(F)F)CC3)CN2C(=O)Cc2cc(Cl)c(NC(=O)c3coc4ccccc34)cc2F)s1. The predicted molar refractivity (Wildman–Crippen MR) is 174 cm³/mol. The van der Waals surface area contributed by atoms with E-state index in [1.807, 2.05) is 0 Å². The summed E-state index contributed by atoms with van der Waals surface area (Å²) in [7, 11) is 0. The van der Waals surface area contributed by atoms with Gasteiger partial charge in [0.25, 0.3) is 5.91 Å². The molecule has 16 heteroatoms. The molecule has 0 aliphatic carbocycles. The van der Waals surface area contributed by atoms with Crippen molar-refractivity contribution in [1.82, 2.24) is 19.7 Å². The molecule has 2 aromatic carbocycles. The second-order valence-electron chi connectivity index (χ2n) is 12.1. The number of alkyl halides is 3. The molecule has 0 saturated carbocycles. The number of carbonyl (C=O) groups excluding carboxylic acids is 2. The highest BCUT2D eigenvalue weighted by Gasteiger charge is 2.42. The van der Waals surface area contributed by atoms with Gasteiger partial charge in [-0.15, -0.1) is 11.3 Å². The maximum absolute atomic E-state index is 15.5. The summed E-state index contributed by atoms with van der Waals surface area (Å²) in [4.78, 5) is 48.2. The van der Waals surface area contributed by atoms with Gasteiger partial charge in [-0.3, -0.25) is 24.2 Å². The number of para-hydroxylation sites is 1. The lowest BCUT2D eigenvalue weighted by molar-refractivity contribution is -0.150. The van der Waals surface area contributed by atoms with Gasteiger partial charge in [0.1, 0.15) is 22.7 Å². The zero-order valence-electron chi connectivity index (χ0n) is 26.0. The fourth-order valence-corrected chi connectivity index (χ4v) is 7.65. The number of amides is 2. The summed E-state index contributed by atoms with van der Waals surface area (Å²) < 4.78 is 59.7. The summed E-state index contributed by atoms with van der Waals surface area (Å²) >= 11 is 7.77. The Morgan fingerprint density at radius 3 is 2.61 bits per heavy atom. The summed E-state index contributed by atoms with van der Waals surface area (Å²) in [6, 6.07) is 8.66. The number of carboxylic acids is 1. The molecule has 10 nitrogen and oxygen atoms in total. The first kappa shape index (κ1) is 34.8. The fraction of sp³-hybridized carbons (Fsp3) is 0.394. The number of nitrogens with one attached hydrogen (secondary N) is 1. The first-order valence-electron chi connectivity index (χ1n) is 15.6. The number of carboxylic acid groups (broad SMARTS) is 1. The van der Waals surface area contributed by atoms with Gasteiger partial charge in [0, 0.05) is 55.2 Å². The monoisotopic (exact) mass is 721 g/mol. The average Bonchev–Trinajstić information content (AvgIpc) is 3.80. The lowest BCUT2D eigenvalue weighted by atomic mass is 10.1. The van der Waals surface area contributed by atoms with E-state index in [9.17, 15) is 27.6 Å². The molecule has 49 heavy (non-hydrogen) atoms. The van der Waals surface area contributed by atoms with Gasteiger partial charge in [-0.2, -0.15) is 13.2 Å². The number of hydrogen-bond donors (Lipinski definition) is 2. The number of hydrogen-bond acceptors (Lipinski definition) is 8. The van der Waals surface area contributed by atoms with Crippen molar-refractivity contribution in [2.45, 2.75) is 43.9 Å². The van der Waals surface area contributed by atoms with Crippen molar-refractivity contribution in [3.63, 3.8) is 0 Å². The van der Waals surface area contributed by atoms with Gasteiger partial charge < -0.3 is 19.7 Å². The van der Waals surface area contributed by atoms with Crippen molar-refractivity contribution in [3.05, 3.63) is 80.7 Å². The molecule has 2 aliphatic heterocycles. The molecule has 6 rings (SSSR count). The highest BCUT2D eigenvalue weighted by Crippen LogP contribution is 2.38. The Morgan fingerprint density at radius 2 is 1.88 bits per heavy atom. The van der Waals surface area contributed by atoms with Gasteiger partial charge in [0.15, 0.2) is 0 Å². The third-order valence-corrected chi connectivity index (χ3v) is 10.3. The van der Waals surface area contributed by atoms with Crippen LogP contribution < -0.4 is 5.32 Å². The van der Waals surface area contributed by atoms with Crippen LogP contribution in [0.5, 0.6) is 0 Å². The Kier molecular flexibility index (Phi) is 10.2. The second-order valence-corrected chi connectivity index (χ2v) is 13.7. The molecule has 2 aromatic heterocycles. The number of carbonyl (C=O) groups is 3. The molecule has 0 unspecified atom stereocenters. The van der Waals surface area contributed by atoms with Crippen LogP contribution in [-0.4, -0.2) is 94.1 Å². The summed E-state index contributed by atoms with van der Waals surface area (Å²) in [5, 5.41) is 12.9. The van der Waals surface area contributed by atoms with Crippen molar-refractivity contribution in [1.29, 1.82) is 0 Å². The van der Waals surface area contributed by atoms with Crippen LogP contribution in [0.4, 0.5) is 23.2 Å². The number of aliphatic carboxylic acids is 1. The molecule has 2 aliphatic rings. The minimum atomic E-state index is -4.29. The molecule has 2 saturated heterocycles. The number of fused-ring (bicyclic) bond motifs is 1. The van der Waals surface area contributed by atoms with Crippen molar-refractivity contribution < 1.29 is 41.5 Å². The Labute approximate surface area is 287 Å². The number of aryl methyl sites for hydroxylation is 1. The molecule has 260 valence electrons. The second kappa shape index (κ2) is 14.4. The number of anilines is 1. The van der Waals surface area contributed by atoms with E-state index >= 15 is 4.39 Å². The number of furan rings is 1. The number of aromatic nitrogens is 1. The van der Waals surface area contributed by atoms with Gasteiger partial charge in [-0.05, 0) is 36.6 Å². The van der Waals surface area contributed by atoms with Crippen LogP contribution in [-0.2, 0) is 22.4 Å². The molecule has 4 heterocycles. The van der Waals surface area contributed by atoms with Gasteiger partial charge in [0.05, 0.1) is 41.7 Å². The van der Waals surface area contributed by atoms with Crippen LogP contribution in [0.25, 0.3) is 11.0 Å². The number of benzene rings is 2. The minimum absolute atomic E-state index is 0.0195. The topological polar surface area (TPSA) is 119 Å². The number of piperazine rings is 1. The van der Waals surface area contributed by atoms with Gasteiger partial charge in [-0.1, -0.05) is 29.8 Å². The summed E-state index contributed by atoms with van der Waals surface area (Å²) in [5.74, 6) is -2.64. The van der Waals surface area contributed by atoms with Gasteiger partial charge in [0.2, 0.25) is 5.91 Å². The van der Waals surface area contributed by atoms with Crippen LogP contribution in [0.3, 0.4) is 0 Å². The smallest absolute Gasteiger partial charge is 0.401 e. The molecular formula is C33H32ClF4N5O5S. The highest BCUT2D eigenvalue weighted by molar-refractivity contribution is 7.11. The molecule has 2 fully saturated rings. The highest BCUT2D eigenvalue weighted by atomic mass is 35.5. The van der Waals surface area contributed by atoms with E-state index in [1.165, 1.54) is 28.6 Å². The van der Waals surface area contributed by atoms with E-state index in [-0.39, 0.29) is 66.8 Å². The molecule has 4 aromatic rings. The van der Waals surface area contributed by atoms with Gasteiger partial charge in [-0.25, -0.2) is 9.37 Å². The maximum Gasteiger partial charge on any atom is 0.401 e. The Morgan fingerprint density at radius 1 is 1.12 bits per heavy atom. The molecule has 0 spiro atoms. The molecule has 2 N–H and O–H groups in total. The van der Waals surface area contributed by atoms with E-state index in [1.54, 1.807) is 35.4 Å². The van der Waals surface area contributed by atoms with Crippen LogP contribution in [0.15, 0.2) is 53.3 Å². The number of likely N-dealkylation sites (tertiary alicyclic amines) is 1. The van der Waals surface area contributed by atoms with Crippen LogP contribution in [0.1, 0.15) is 44.7 Å². The number of rotatable bonds is 10. The van der Waals surface area contributed by atoms with Gasteiger partial charge >= 0.3 is 12.1 Å². The Balaban J connectivity index is 1.17. The number of nitrogens with zero attached hydrogens (tertiary/aromatic N) is 4. The zero-order valence-corrected chi connectivity index (χ0v) is 27.6. The normalized spacial score (nSPS) is 19.1. The first-order chi connectivity index (χ1) is 23.3. The lowest BCUT2D eigenvalue weighted by Gasteiger charge is -2.38. The molecule has 0 bridgehead atoms. The van der Waals surface area contributed by atoms with E-state index < -0.39 is 42.4 Å². The summed E-state index contributed by atoms with van der Waals surface area (Å²) in [6.45, 7) is 0.526. The zero-order chi connectivity index (χ0) is 34.9. The molecule has 0 radical (unpaired) electrons. The van der Waals surface area contributed by atoms with Crippen molar-refractivity contribution in [2.24, 2.45) is 0 Å². The number of thiazole rings is 1. The Bertz CT molecular complexity index is 1860. The Hall–Kier alpha value is -4.05. The first-order valence-corrected chi connectivity index (χ1v) is 16.8. The van der Waals surface area contributed by atoms with Crippen molar-refractivity contribution in [2.75, 3.05) is 44.6 Å². The summed E-state index contributed by atoms with van der Waals surface area (Å²) in [6.07, 6.45) is -1.06. The quantitative estimate of drug-likeness (QED) is 0.191. The molecule has 2 atom stereocenters.